The highest BCUT2D eigenvalue weighted by Gasteiger charge is 2.06. The molecule has 0 aliphatic rings. The minimum atomic E-state index is 0.596. The smallest absolute Gasteiger partial charge is 0.131 e. The van der Waals surface area contributed by atoms with Crippen molar-refractivity contribution in [3.05, 3.63) is 22.8 Å². The summed E-state index contributed by atoms with van der Waals surface area (Å²) in [5, 5.41) is 0.596. The fraction of sp³-hybridized carbons (Fsp3) is 0.583. The first-order chi connectivity index (χ1) is 7.21. The first-order valence-corrected chi connectivity index (χ1v) is 6.00. The van der Waals surface area contributed by atoms with E-state index in [1.165, 1.54) is 5.56 Å². The number of hydrogen-bond donors (Lipinski definition) is 0. The maximum absolute atomic E-state index is 5.99. The van der Waals surface area contributed by atoms with Crippen LogP contribution in [0.5, 0.6) is 0 Å². The molecule has 15 heavy (non-hydrogen) atoms. The molecule has 84 valence electrons. The van der Waals surface area contributed by atoms with Gasteiger partial charge in [0.15, 0.2) is 0 Å². The van der Waals surface area contributed by atoms with Gasteiger partial charge in [0.1, 0.15) is 11.0 Å². The number of halogens is 1. The summed E-state index contributed by atoms with van der Waals surface area (Å²) in [5.74, 6) is 1.00. The lowest BCUT2D eigenvalue weighted by molar-refractivity contribution is 0.777. The molecule has 0 amide bonds. The van der Waals surface area contributed by atoms with Gasteiger partial charge in [0.05, 0.1) is 0 Å². The Kier molecular flexibility index (Phi) is 4.89. The second-order valence-electron chi connectivity index (χ2n) is 3.59. The van der Waals surface area contributed by atoms with E-state index in [9.17, 15) is 0 Å². The summed E-state index contributed by atoms with van der Waals surface area (Å²) in [5.41, 5.74) is 1.25. The molecule has 0 aliphatic heterocycles. The Morgan fingerprint density at radius 3 is 2.53 bits per heavy atom. The monoisotopic (exact) mass is 226 g/mol. The lowest BCUT2D eigenvalue weighted by Gasteiger charge is -2.21. The van der Waals surface area contributed by atoms with E-state index in [4.69, 9.17) is 11.6 Å². The first kappa shape index (κ1) is 12.3. The SMILES string of the molecule is CCCN(CC)c1cc(CC)cc(Cl)n1. The van der Waals surface area contributed by atoms with E-state index in [0.717, 1.165) is 31.7 Å². The second kappa shape index (κ2) is 5.96. The van der Waals surface area contributed by atoms with Crippen LogP contribution in [-0.2, 0) is 6.42 Å². The van der Waals surface area contributed by atoms with E-state index in [0.29, 0.717) is 5.15 Å². The summed E-state index contributed by atoms with van der Waals surface area (Å²) < 4.78 is 0. The minimum Gasteiger partial charge on any atom is -0.357 e. The van der Waals surface area contributed by atoms with Crippen molar-refractivity contribution >= 4 is 17.4 Å². The molecule has 1 heterocycles. The molecular weight excluding hydrogens is 208 g/mol. The standard InChI is InChI=1S/C12H19ClN2/c1-4-7-15(6-3)12-9-10(5-2)8-11(13)14-12/h8-9H,4-7H2,1-3H3. The number of nitrogens with zero attached hydrogens (tertiary/aromatic N) is 2. The molecule has 3 heteroatoms. The topological polar surface area (TPSA) is 16.1 Å². The molecule has 0 N–H and O–H groups in total. The van der Waals surface area contributed by atoms with Crippen molar-refractivity contribution in [2.75, 3.05) is 18.0 Å². The molecule has 0 saturated carbocycles. The maximum atomic E-state index is 5.99. The van der Waals surface area contributed by atoms with Gasteiger partial charge in [-0.1, -0.05) is 25.4 Å². The Morgan fingerprint density at radius 1 is 1.27 bits per heavy atom. The minimum absolute atomic E-state index is 0.596. The third-order valence-electron chi connectivity index (χ3n) is 2.45. The predicted octanol–water partition coefficient (Wildman–Crippen LogP) is 3.53. The number of anilines is 1. The van der Waals surface area contributed by atoms with Gasteiger partial charge in [0.2, 0.25) is 0 Å². The van der Waals surface area contributed by atoms with Gasteiger partial charge in [-0.15, -0.1) is 0 Å². The molecule has 0 saturated heterocycles. The highest BCUT2D eigenvalue weighted by molar-refractivity contribution is 6.29. The van der Waals surface area contributed by atoms with Crippen molar-refractivity contribution in [2.24, 2.45) is 0 Å². The summed E-state index contributed by atoms with van der Waals surface area (Å²) in [6.07, 6.45) is 2.13. The Balaban J connectivity index is 2.95. The fourth-order valence-electron chi connectivity index (χ4n) is 1.61. The van der Waals surface area contributed by atoms with E-state index in [1.54, 1.807) is 0 Å². The van der Waals surface area contributed by atoms with Gasteiger partial charge in [-0.25, -0.2) is 4.98 Å². The lowest BCUT2D eigenvalue weighted by atomic mass is 10.2. The Bertz CT molecular complexity index is 312. The van der Waals surface area contributed by atoms with E-state index in [1.807, 2.05) is 6.07 Å². The number of pyridine rings is 1. The molecule has 0 unspecified atom stereocenters. The van der Waals surface area contributed by atoms with Crippen LogP contribution < -0.4 is 4.90 Å². The lowest BCUT2D eigenvalue weighted by Crippen LogP contribution is -2.24. The molecule has 0 spiro atoms. The van der Waals surface area contributed by atoms with Crippen LogP contribution in [0.2, 0.25) is 5.15 Å². The highest BCUT2D eigenvalue weighted by Crippen LogP contribution is 2.18. The Hall–Kier alpha value is -0.760. The van der Waals surface area contributed by atoms with Crippen LogP contribution in [0.3, 0.4) is 0 Å². The number of aryl methyl sites for hydroxylation is 1. The largest absolute Gasteiger partial charge is 0.357 e. The van der Waals surface area contributed by atoms with Crippen LogP contribution in [0.1, 0.15) is 32.8 Å². The van der Waals surface area contributed by atoms with Crippen LogP contribution in [0.15, 0.2) is 12.1 Å². The van der Waals surface area contributed by atoms with Crippen molar-refractivity contribution in [3.63, 3.8) is 0 Å². The average Bonchev–Trinajstić information content (AvgIpc) is 2.24. The molecule has 0 fully saturated rings. The van der Waals surface area contributed by atoms with E-state index in [2.05, 4.69) is 36.7 Å². The molecule has 2 nitrogen and oxygen atoms in total. The van der Waals surface area contributed by atoms with Crippen molar-refractivity contribution in [3.8, 4) is 0 Å². The molecular formula is C12H19ClN2. The third kappa shape index (κ3) is 3.38. The van der Waals surface area contributed by atoms with E-state index >= 15 is 0 Å². The number of rotatable bonds is 5. The molecule has 0 atom stereocenters. The summed E-state index contributed by atoms with van der Waals surface area (Å²) in [6.45, 7) is 8.46. The van der Waals surface area contributed by atoms with Crippen LogP contribution in [0, 0.1) is 0 Å². The summed E-state index contributed by atoms with van der Waals surface area (Å²) in [7, 11) is 0. The molecule has 0 bridgehead atoms. The zero-order valence-electron chi connectivity index (χ0n) is 9.76. The molecule has 0 aromatic carbocycles. The van der Waals surface area contributed by atoms with Gasteiger partial charge in [0.25, 0.3) is 0 Å². The predicted molar refractivity (Wildman–Crippen MR) is 66.8 cm³/mol. The van der Waals surface area contributed by atoms with Crippen LogP contribution in [-0.4, -0.2) is 18.1 Å². The number of aromatic nitrogens is 1. The zero-order chi connectivity index (χ0) is 11.3. The third-order valence-corrected chi connectivity index (χ3v) is 2.64. The van der Waals surface area contributed by atoms with Gasteiger partial charge in [-0.3, -0.25) is 0 Å². The van der Waals surface area contributed by atoms with Crippen LogP contribution in [0.4, 0.5) is 5.82 Å². The van der Waals surface area contributed by atoms with Crippen molar-refractivity contribution in [2.45, 2.75) is 33.6 Å². The molecule has 1 aromatic heterocycles. The highest BCUT2D eigenvalue weighted by atomic mass is 35.5. The van der Waals surface area contributed by atoms with Crippen LogP contribution >= 0.6 is 11.6 Å². The fourth-order valence-corrected chi connectivity index (χ4v) is 1.83. The summed E-state index contributed by atoms with van der Waals surface area (Å²) in [6, 6.07) is 4.07. The molecule has 1 rings (SSSR count). The van der Waals surface area contributed by atoms with Gasteiger partial charge in [-0.2, -0.15) is 0 Å². The normalized spacial score (nSPS) is 10.4. The van der Waals surface area contributed by atoms with E-state index < -0.39 is 0 Å². The Labute approximate surface area is 97.3 Å². The Morgan fingerprint density at radius 2 is 2.00 bits per heavy atom. The van der Waals surface area contributed by atoms with Gasteiger partial charge < -0.3 is 4.90 Å². The van der Waals surface area contributed by atoms with Crippen molar-refractivity contribution < 1.29 is 0 Å². The first-order valence-electron chi connectivity index (χ1n) is 5.62. The van der Waals surface area contributed by atoms with Gasteiger partial charge >= 0.3 is 0 Å². The average molecular weight is 227 g/mol. The molecule has 1 aromatic rings. The van der Waals surface area contributed by atoms with Crippen LogP contribution in [0.25, 0.3) is 0 Å². The zero-order valence-corrected chi connectivity index (χ0v) is 10.5. The quantitative estimate of drug-likeness (QED) is 0.714. The van der Waals surface area contributed by atoms with Crippen molar-refractivity contribution in [1.29, 1.82) is 0 Å². The van der Waals surface area contributed by atoms with E-state index in [-0.39, 0.29) is 0 Å². The molecule has 0 aliphatic carbocycles. The second-order valence-corrected chi connectivity index (χ2v) is 3.98. The summed E-state index contributed by atoms with van der Waals surface area (Å²) >= 11 is 5.99. The number of hydrogen-bond acceptors (Lipinski definition) is 2. The molecule has 0 radical (unpaired) electrons. The van der Waals surface area contributed by atoms with Crippen molar-refractivity contribution in [1.82, 2.24) is 4.98 Å². The summed E-state index contributed by atoms with van der Waals surface area (Å²) in [4.78, 5) is 6.62. The van der Waals surface area contributed by atoms with Gasteiger partial charge in [0, 0.05) is 13.1 Å². The van der Waals surface area contributed by atoms with Gasteiger partial charge in [-0.05, 0) is 37.5 Å². The maximum Gasteiger partial charge on any atom is 0.131 e.